The summed E-state index contributed by atoms with van der Waals surface area (Å²) in [5.41, 5.74) is 7.16. The van der Waals surface area contributed by atoms with Crippen LogP contribution in [-0.4, -0.2) is 5.97 Å². The number of nitrogen functional groups attached to an aromatic ring is 1. The molecule has 94 valence electrons. The second-order valence-electron chi connectivity index (χ2n) is 3.90. The molecule has 0 fully saturated rings. The third-order valence-corrected chi connectivity index (χ3v) is 2.85. The van der Waals surface area contributed by atoms with Gasteiger partial charge in [-0.3, -0.25) is 4.79 Å². The van der Waals surface area contributed by atoms with Crippen LogP contribution in [0, 0.1) is 0 Å². The van der Waals surface area contributed by atoms with E-state index >= 15 is 0 Å². The third kappa shape index (κ3) is 3.93. The summed E-state index contributed by atoms with van der Waals surface area (Å²) in [6.07, 6.45) is 1.87. The lowest BCUT2D eigenvalue weighted by Crippen LogP contribution is -2.10. The van der Waals surface area contributed by atoms with Crippen LogP contribution in [-0.2, 0) is 9.53 Å². The summed E-state index contributed by atoms with van der Waals surface area (Å²) < 4.78 is 5.38. The molecule has 0 saturated heterocycles. The molecule has 4 heteroatoms. The van der Waals surface area contributed by atoms with Gasteiger partial charge in [0.25, 0.3) is 0 Å². The Morgan fingerprint density at radius 2 is 2.18 bits per heavy atom. The predicted octanol–water partition coefficient (Wildman–Crippen LogP) is 3.72. The lowest BCUT2D eigenvalue weighted by atomic mass is 10.0. The largest absolute Gasteiger partial charge is 0.457 e. The Morgan fingerprint density at radius 1 is 1.47 bits per heavy atom. The highest BCUT2D eigenvalue weighted by atomic mass is 35.5. The molecule has 1 unspecified atom stereocenters. The molecule has 0 amide bonds. The Balaban J connectivity index is 2.88. The lowest BCUT2D eigenvalue weighted by Gasteiger charge is -2.18. The van der Waals surface area contributed by atoms with E-state index in [1.807, 2.05) is 13.0 Å². The van der Waals surface area contributed by atoms with Crippen LogP contribution in [0.2, 0.25) is 5.02 Å². The van der Waals surface area contributed by atoms with Gasteiger partial charge in [-0.15, -0.1) is 0 Å². The van der Waals surface area contributed by atoms with Crippen molar-refractivity contribution in [3.8, 4) is 0 Å². The van der Waals surface area contributed by atoms with Crippen LogP contribution in [0.3, 0.4) is 0 Å². The SMILES string of the molecule is CCCC(OC(=O)CC)c1ccc(Cl)c(N)c1. The highest BCUT2D eigenvalue weighted by Gasteiger charge is 2.15. The van der Waals surface area contributed by atoms with Crippen molar-refractivity contribution in [3.63, 3.8) is 0 Å². The number of hydrogen-bond donors (Lipinski definition) is 1. The molecule has 0 aliphatic carbocycles. The van der Waals surface area contributed by atoms with Gasteiger partial charge in [-0.05, 0) is 24.1 Å². The summed E-state index contributed by atoms with van der Waals surface area (Å²) in [7, 11) is 0. The molecule has 0 aliphatic rings. The minimum Gasteiger partial charge on any atom is -0.457 e. The van der Waals surface area contributed by atoms with Gasteiger partial charge >= 0.3 is 5.97 Å². The van der Waals surface area contributed by atoms with Crippen molar-refractivity contribution < 1.29 is 9.53 Å². The summed E-state index contributed by atoms with van der Waals surface area (Å²) in [6.45, 7) is 3.83. The summed E-state index contributed by atoms with van der Waals surface area (Å²) in [6, 6.07) is 5.35. The van der Waals surface area contributed by atoms with Crippen LogP contribution < -0.4 is 5.73 Å². The van der Waals surface area contributed by atoms with Crippen molar-refractivity contribution in [2.45, 2.75) is 39.2 Å². The van der Waals surface area contributed by atoms with E-state index in [1.54, 1.807) is 19.1 Å². The lowest BCUT2D eigenvalue weighted by molar-refractivity contribution is -0.149. The quantitative estimate of drug-likeness (QED) is 0.644. The number of esters is 1. The molecule has 0 heterocycles. The number of rotatable bonds is 5. The monoisotopic (exact) mass is 255 g/mol. The molecule has 3 nitrogen and oxygen atoms in total. The van der Waals surface area contributed by atoms with Crippen molar-refractivity contribution in [1.82, 2.24) is 0 Å². The molecule has 0 aromatic heterocycles. The number of hydrogen-bond acceptors (Lipinski definition) is 3. The Morgan fingerprint density at radius 3 is 2.71 bits per heavy atom. The maximum Gasteiger partial charge on any atom is 0.306 e. The highest BCUT2D eigenvalue weighted by Crippen LogP contribution is 2.28. The van der Waals surface area contributed by atoms with Crippen molar-refractivity contribution in [3.05, 3.63) is 28.8 Å². The minimum absolute atomic E-state index is 0.197. The molecule has 0 aliphatic heterocycles. The van der Waals surface area contributed by atoms with Crippen molar-refractivity contribution in [2.24, 2.45) is 0 Å². The number of nitrogens with two attached hydrogens (primary N) is 1. The fourth-order valence-electron chi connectivity index (χ4n) is 1.56. The summed E-state index contributed by atoms with van der Waals surface area (Å²) in [5, 5.41) is 0.519. The Labute approximate surface area is 107 Å². The van der Waals surface area contributed by atoms with Gasteiger partial charge in [0.15, 0.2) is 0 Å². The predicted molar refractivity (Wildman–Crippen MR) is 69.9 cm³/mol. The first-order chi connectivity index (χ1) is 8.08. The smallest absolute Gasteiger partial charge is 0.306 e. The van der Waals surface area contributed by atoms with Crippen LogP contribution in [0.5, 0.6) is 0 Å². The van der Waals surface area contributed by atoms with Crippen LogP contribution in [0.15, 0.2) is 18.2 Å². The molecular formula is C13H18ClNO2. The van der Waals surface area contributed by atoms with E-state index in [-0.39, 0.29) is 12.1 Å². The van der Waals surface area contributed by atoms with E-state index in [9.17, 15) is 4.79 Å². The van der Waals surface area contributed by atoms with Crippen molar-refractivity contribution in [1.29, 1.82) is 0 Å². The maximum atomic E-state index is 11.3. The second kappa shape index (κ2) is 6.50. The summed E-state index contributed by atoms with van der Waals surface area (Å²) >= 11 is 5.86. The summed E-state index contributed by atoms with van der Waals surface area (Å²) in [5.74, 6) is -0.197. The Bertz CT molecular complexity index is 393. The fourth-order valence-corrected chi connectivity index (χ4v) is 1.68. The van der Waals surface area contributed by atoms with Gasteiger partial charge in [-0.1, -0.05) is 37.9 Å². The average Bonchev–Trinajstić information content (AvgIpc) is 2.32. The van der Waals surface area contributed by atoms with Crippen molar-refractivity contribution >= 4 is 23.3 Å². The summed E-state index contributed by atoms with van der Waals surface area (Å²) in [4.78, 5) is 11.3. The number of halogens is 1. The standard InChI is InChI=1S/C13H18ClNO2/c1-3-5-12(17-13(16)4-2)9-6-7-10(14)11(15)8-9/h6-8,12H,3-5,15H2,1-2H3. The van der Waals surface area contributed by atoms with Crippen LogP contribution in [0.1, 0.15) is 44.8 Å². The number of carbonyl (C=O) groups excluding carboxylic acids is 1. The van der Waals surface area contributed by atoms with Crippen LogP contribution in [0.4, 0.5) is 5.69 Å². The van der Waals surface area contributed by atoms with E-state index in [1.165, 1.54) is 0 Å². The fraction of sp³-hybridized carbons (Fsp3) is 0.462. The highest BCUT2D eigenvalue weighted by molar-refractivity contribution is 6.33. The van der Waals surface area contributed by atoms with Gasteiger partial charge in [0.05, 0.1) is 10.7 Å². The second-order valence-corrected chi connectivity index (χ2v) is 4.31. The molecule has 17 heavy (non-hydrogen) atoms. The Hall–Kier alpha value is -1.22. The zero-order valence-electron chi connectivity index (χ0n) is 10.2. The van der Waals surface area contributed by atoms with Gasteiger partial charge in [0, 0.05) is 6.42 Å². The van der Waals surface area contributed by atoms with Gasteiger partial charge in [0.2, 0.25) is 0 Å². The van der Waals surface area contributed by atoms with Crippen molar-refractivity contribution in [2.75, 3.05) is 5.73 Å². The van der Waals surface area contributed by atoms with E-state index in [0.29, 0.717) is 17.1 Å². The molecule has 0 bridgehead atoms. The zero-order valence-corrected chi connectivity index (χ0v) is 11.0. The van der Waals surface area contributed by atoms with E-state index in [0.717, 1.165) is 18.4 Å². The van der Waals surface area contributed by atoms with Crippen LogP contribution >= 0.6 is 11.6 Å². The molecule has 1 aromatic carbocycles. The first-order valence-corrected chi connectivity index (χ1v) is 6.20. The Kier molecular flexibility index (Phi) is 5.29. The van der Waals surface area contributed by atoms with E-state index < -0.39 is 0 Å². The first kappa shape index (κ1) is 13.8. The number of anilines is 1. The maximum absolute atomic E-state index is 11.3. The van der Waals surface area contributed by atoms with Gasteiger partial charge in [0.1, 0.15) is 6.10 Å². The topological polar surface area (TPSA) is 52.3 Å². The average molecular weight is 256 g/mol. The van der Waals surface area contributed by atoms with E-state index in [2.05, 4.69) is 0 Å². The number of ether oxygens (including phenoxy) is 1. The minimum atomic E-state index is -0.230. The van der Waals surface area contributed by atoms with Crippen LogP contribution in [0.25, 0.3) is 0 Å². The normalized spacial score (nSPS) is 12.2. The molecule has 0 spiro atoms. The molecule has 2 N–H and O–H groups in total. The molecule has 1 rings (SSSR count). The molecule has 0 radical (unpaired) electrons. The molecule has 0 saturated carbocycles. The molecule has 1 atom stereocenters. The third-order valence-electron chi connectivity index (χ3n) is 2.51. The number of benzene rings is 1. The van der Waals surface area contributed by atoms with Gasteiger partial charge in [-0.25, -0.2) is 0 Å². The first-order valence-electron chi connectivity index (χ1n) is 5.82. The van der Waals surface area contributed by atoms with E-state index in [4.69, 9.17) is 22.1 Å². The molecule has 1 aromatic rings. The van der Waals surface area contributed by atoms with Gasteiger partial charge < -0.3 is 10.5 Å². The number of carbonyl (C=O) groups is 1. The molecular weight excluding hydrogens is 238 g/mol. The zero-order chi connectivity index (χ0) is 12.8. The van der Waals surface area contributed by atoms with Gasteiger partial charge in [-0.2, -0.15) is 0 Å².